The van der Waals surface area contributed by atoms with Crippen molar-refractivity contribution in [1.82, 2.24) is 4.90 Å². The number of alkyl halides is 1. The van der Waals surface area contributed by atoms with Crippen LogP contribution >= 0.6 is 46.0 Å². The molecule has 1 aromatic carbocycles. The highest BCUT2D eigenvalue weighted by molar-refractivity contribution is 14.1. The first-order valence-corrected chi connectivity index (χ1v) is 11.8. The van der Waals surface area contributed by atoms with Crippen molar-refractivity contribution in [3.8, 4) is 0 Å². The number of benzene rings is 1. The standard InChI is InChI=1S/C16H19ClIN3O2S2/c1-10-3-4-11-5-6-12(9-13(10)11)20(2)25(22,23)15(14(17)19)21-7-8-24-16(21)18/h5-10,16H,3-4,19H2,1-2H3/b15-14+. The van der Waals surface area contributed by atoms with E-state index in [1.807, 2.05) is 23.6 Å². The summed E-state index contributed by atoms with van der Waals surface area (Å²) in [6.07, 6.45) is 3.82. The maximum Gasteiger partial charge on any atom is 0.282 e. The van der Waals surface area contributed by atoms with E-state index >= 15 is 0 Å². The summed E-state index contributed by atoms with van der Waals surface area (Å²) in [7, 11) is -2.36. The summed E-state index contributed by atoms with van der Waals surface area (Å²) in [4.78, 5) is 1.58. The molecule has 0 saturated carbocycles. The lowest BCUT2D eigenvalue weighted by atomic mass is 10.0. The molecule has 0 bridgehead atoms. The number of rotatable bonds is 4. The third-order valence-corrected chi connectivity index (χ3v) is 8.90. The highest BCUT2D eigenvalue weighted by Gasteiger charge is 2.35. The number of aryl methyl sites for hydroxylation is 1. The van der Waals surface area contributed by atoms with Crippen LogP contribution in [0.25, 0.3) is 0 Å². The normalized spacial score (nSPS) is 23.6. The number of halogens is 2. The fourth-order valence-electron chi connectivity index (χ4n) is 3.10. The minimum Gasteiger partial charge on any atom is -0.387 e. The van der Waals surface area contributed by atoms with Crippen molar-refractivity contribution in [3.05, 3.63) is 51.1 Å². The second-order valence-electron chi connectivity index (χ2n) is 6.07. The number of thioether (sulfide) groups is 1. The van der Waals surface area contributed by atoms with Crippen LogP contribution in [0.15, 0.2) is 40.0 Å². The van der Waals surface area contributed by atoms with Gasteiger partial charge in [0.25, 0.3) is 10.0 Å². The van der Waals surface area contributed by atoms with E-state index in [4.69, 9.17) is 17.3 Å². The molecule has 0 saturated heterocycles. The molecule has 5 nitrogen and oxygen atoms in total. The van der Waals surface area contributed by atoms with E-state index in [0.29, 0.717) is 11.6 Å². The van der Waals surface area contributed by atoms with E-state index in [-0.39, 0.29) is 13.6 Å². The summed E-state index contributed by atoms with van der Waals surface area (Å²) in [6, 6.07) is 5.82. The molecular weight excluding hydrogens is 493 g/mol. The highest BCUT2D eigenvalue weighted by Crippen LogP contribution is 2.39. The molecule has 1 aromatic rings. The Balaban J connectivity index is 2.00. The predicted molar refractivity (Wildman–Crippen MR) is 114 cm³/mol. The fraction of sp³-hybridized carbons (Fsp3) is 0.375. The van der Waals surface area contributed by atoms with Crippen molar-refractivity contribution >= 4 is 61.7 Å². The van der Waals surface area contributed by atoms with Gasteiger partial charge in [-0.25, -0.2) is 0 Å². The molecular formula is C16H19ClIN3O2S2. The Labute approximate surface area is 171 Å². The summed E-state index contributed by atoms with van der Waals surface area (Å²) < 4.78 is 27.5. The number of fused-ring (bicyclic) bond motifs is 1. The summed E-state index contributed by atoms with van der Waals surface area (Å²) in [6.45, 7) is 2.17. The number of sulfonamides is 1. The molecule has 3 rings (SSSR count). The van der Waals surface area contributed by atoms with Gasteiger partial charge in [-0.2, -0.15) is 8.42 Å². The van der Waals surface area contributed by atoms with Gasteiger partial charge in [0.1, 0.15) is 8.54 Å². The first-order chi connectivity index (χ1) is 11.7. The number of nitrogens with two attached hydrogens (primary N) is 1. The third-order valence-electron chi connectivity index (χ3n) is 4.55. The number of nitrogens with zero attached hydrogens (tertiary/aromatic N) is 2. The van der Waals surface area contributed by atoms with Crippen LogP contribution < -0.4 is 10.0 Å². The maximum absolute atomic E-state index is 13.2. The van der Waals surface area contributed by atoms with Crippen LogP contribution in [-0.2, 0) is 16.4 Å². The van der Waals surface area contributed by atoms with Crippen LogP contribution in [-0.4, -0.2) is 23.7 Å². The SMILES string of the molecule is CC1CCc2ccc(N(C)S(=O)(=O)/C(=C(/N)Cl)N3C=CSC3I)cc21. The van der Waals surface area contributed by atoms with Crippen molar-refractivity contribution in [3.63, 3.8) is 0 Å². The van der Waals surface area contributed by atoms with E-state index < -0.39 is 10.0 Å². The Kier molecular flexibility index (Phi) is 5.53. The molecule has 136 valence electrons. The molecule has 25 heavy (non-hydrogen) atoms. The minimum absolute atomic E-state index is 0.0918. The van der Waals surface area contributed by atoms with Gasteiger partial charge in [-0.05, 0) is 70.0 Å². The van der Waals surface area contributed by atoms with Gasteiger partial charge in [0, 0.05) is 13.2 Å². The molecule has 2 aliphatic rings. The van der Waals surface area contributed by atoms with E-state index in [2.05, 4.69) is 29.5 Å². The average molecular weight is 512 g/mol. The summed E-state index contributed by atoms with van der Waals surface area (Å²) in [5.74, 6) is 0.441. The molecule has 1 heterocycles. The van der Waals surface area contributed by atoms with Gasteiger partial charge in [0.2, 0.25) is 0 Å². The molecule has 2 N–H and O–H groups in total. The lowest BCUT2D eigenvalue weighted by Crippen LogP contribution is -2.36. The average Bonchev–Trinajstić information content (AvgIpc) is 3.13. The topological polar surface area (TPSA) is 66.6 Å². The summed E-state index contributed by atoms with van der Waals surface area (Å²) >= 11 is 9.62. The molecule has 1 aliphatic carbocycles. The molecule has 0 spiro atoms. The van der Waals surface area contributed by atoms with Gasteiger partial charge in [-0.3, -0.25) is 4.31 Å². The Bertz CT molecular complexity index is 853. The fourth-order valence-corrected chi connectivity index (χ4v) is 6.69. The van der Waals surface area contributed by atoms with Gasteiger partial charge in [-0.1, -0.05) is 36.4 Å². The molecule has 1 aliphatic heterocycles. The number of hydrogen-bond acceptors (Lipinski definition) is 5. The quantitative estimate of drug-likeness (QED) is 0.375. The van der Waals surface area contributed by atoms with Crippen LogP contribution in [0.4, 0.5) is 5.69 Å². The zero-order valence-corrected chi connectivity index (χ0v) is 18.4. The van der Waals surface area contributed by atoms with E-state index in [1.165, 1.54) is 34.2 Å². The lowest BCUT2D eigenvalue weighted by molar-refractivity contribution is 0.540. The second-order valence-corrected chi connectivity index (χ2v) is 11.4. The van der Waals surface area contributed by atoms with E-state index in [0.717, 1.165) is 12.8 Å². The van der Waals surface area contributed by atoms with E-state index in [1.54, 1.807) is 11.1 Å². The van der Waals surface area contributed by atoms with Gasteiger partial charge in [0.15, 0.2) is 5.03 Å². The van der Waals surface area contributed by atoms with Gasteiger partial charge in [-0.15, -0.1) is 0 Å². The maximum atomic E-state index is 13.2. The van der Waals surface area contributed by atoms with Crippen LogP contribution in [0.1, 0.15) is 30.4 Å². The van der Waals surface area contributed by atoms with E-state index in [9.17, 15) is 8.42 Å². The van der Waals surface area contributed by atoms with Crippen LogP contribution in [0.3, 0.4) is 0 Å². The molecule has 2 unspecified atom stereocenters. The smallest absolute Gasteiger partial charge is 0.282 e. The first kappa shape index (κ1) is 19.2. The summed E-state index contributed by atoms with van der Waals surface area (Å²) in [5.41, 5.74) is 8.87. The second kappa shape index (κ2) is 7.21. The van der Waals surface area contributed by atoms with Gasteiger partial charge >= 0.3 is 0 Å². The van der Waals surface area contributed by atoms with Crippen molar-refractivity contribution in [1.29, 1.82) is 0 Å². The Morgan fingerprint density at radius 2 is 2.20 bits per heavy atom. The Morgan fingerprint density at radius 1 is 1.48 bits per heavy atom. The molecule has 0 aromatic heterocycles. The molecule has 2 atom stereocenters. The first-order valence-electron chi connectivity index (χ1n) is 7.75. The molecule has 9 heteroatoms. The largest absolute Gasteiger partial charge is 0.387 e. The van der Waals surface area contributed by atoms with Crippen LogP contribution in [0.5, 0.6) is 0 Å². The molecule has 0 amide bonds. The monoisotopic (exact) mass is 511 g/mol. The summed E-state index contributed by atoms with van der Waals surface area (Å²) in [5, 5.41) is 1.49. The van der Waals surface area contributed by atoms with Crippen molar-refractivity contribution in [2.75, 3.05) is 11.4 Å². The minimum atomic E-state index is -3.89. The molecule has 0 radical (unpaired) electrons. The highest BCUT2D eigenvalue weighted by atomic mass is 127. The van der Waals surface area contributed by atoms with Gasteiger partial charge < -0.3 is 10.6 Å². The van der Waals surface area contributed by atoms with Gasteiger partial charge in [0.05, 0.1) is 5.69 Å². The number of anilines is 1. The van der Waals surface area contributed by atoms with Crippen molar-refractivity contribution < 1.29 is 8.42 Å². The third kappa shape index (κ3) is 3.50. The van der Waals surface area contributed by atoms with Crippen LogP contribution in [0.2, 0.25) is 0 Å². The number of hydrogen-bond donors (Lipinski definition) is 1. The van der Waals surface area contributed by atoms with Crippen molar-refractivity contribution in [2.24, 2.45) is 5.73 Å². The predicted octanol–water partition coefficient (Wildman–Crippen LogP) is 4.07. The zero-order chi connectivity index (χ0) is 18.4. The van der Waals surface area contributed by atoms with Crippen LogP contribution in [0, 0.1) is 0 Å². The Morgan fingerprint density at radius 3 is 2.80 bits per heavy atom. The van der Waals surface area contributed by atoms with Crippen molar-refractivity contribution in [2.45, 2.75) is 29.1 Å². The lowest BCUT2D eigenvalue weighted by Gasteiger charge is -2.28. The zero-order valence-electron chi connectivity index (χ0n) is 13.8. The Hall–Kier alpha value is -0.580. The molecule has 0 fully saturated rings.